The Bertz CT molecular complexity index is 1470. The summed E-state index contributed by atoms with van der Waals surface area (Å²) < 4.78 is 22.4. The summed E-state index contributed by atoms with van der Waals surface area (Å²) in [7, 11) is 0. The number of hydrogen-bond acceptors (Lipinski definition) is 12. The van der Waals surface area contributed by atoms with Crippen molar-refractivity contribution in [3.63, 3.8) is 0 Å². The van der Waals surface area contributed by atoms with Gasteiger partial charge < -0.3 is 49.6 Å². The minimum atomic E-state index is -1.77. The van der Waals surface area contributed by atoms with Gasteiger partial charge in [0.05, 0.1) is 6.42 Å². The molecule has 42 heavy (non-hydrogen) atoms. The molecule has 1 saturated heterocycles. The Morgan fingerprint density at radius 2 is 1.55 bits per heavy atom. The van der Waals surface area contributed by atoms with Crippen LogP contribution in [0.15, 0.2) is 66.7 Å². The minimum Gasteiger partial charge on any atom is -0.508 e. The Balaban J connectivity index is 1.29. The van der Waals surface area contributed by atoms with Gasteiger partial charge in [0.15, 0.2) is 5.78 Å². The lowest BCUT2D eigenvalue weighted by Gasteiger charge is -2.40. The van der Waals surface area contributed by atoms with Gasteiger partial charge in [0.2, 0.25) is 6.29 Å². The number of benzene rings is 3. The lowest BCUT2D eigenvalue weighted by molar-refractivity contribution is -0.278. The van der Waals surface area contributed by atoms with E-state index in [4.69, 9.17) is 18.9 Å². The molecular formula is C30H28O12. The Kier molecular flexibility index (Phi) is 8.31. The van der Waals surface area contributed by atoms with Crippen molar-refractivity contribution >= 4 is 17.8 Å². The van der Waals surface area contributed by atoms with Crippen LogP contribution in [-0.2, 0) is 14.3 Å². The van der Waals surface area contributed by atoms with Crippen molar-refractivity contribution in [1.29, 1.82) is 0 Å². The molecule has 12 heteroatoms. The highest BCUT2D eigenvalue weighted by Crippen LogP contribution is 2.43. The van der Waals surface area contributed by atoms with Crippen molar-refractivity contribution < 1.29 is 59.2 Å². The molecule has 0 aromatic heterocycles. The maximum absolute atomic E-state index is 13.2. The van der Waals surface area contributed by atoms with Crippen LogP contribution in [0.3, 0.4) is 0 Å². The molecule has 12 nitrogen and oxygen atoms in total. The molecule has 0 bridgehead atoms. The zero-order valence-corrected chi connectivity index (χ0v) is 21.9. The smallest absolute Gasteiger partial charge is 0.330 e. The lowest BCUT2D eigenvalue weighted by Crippen LogP contribution is -2.60. The fourth-order valence-electron chi connectivity index (χ4n) is 4.62. The average Bonchev–Trinajstić information content (AvgIpc) is 2.96. The van der Waals surface area contributed by atoms with Crippen molar-refractivity contribution in [3.05, 3.63) is 83.4 Å². The summed E-state index contributed by atoms with van der Waals surface area (Å²) in [6.07, 6.45) is -6.37. The van der Waals surface area contributed by atoms with Crippen LogP contribution in [0, 0.1) is 0 Å². The standard InChI is InChI=1S/C30H28O12/c31-17-6-1-15(2-7-17)3-10-25(35)39-14-24-27(36)28(37)29(38)30(42-24)41-23-12-19(33)11-22-26(23)20(34)13-21(40-22)16-4-8-18(32)9-5-16/h1-12,21,24,27-33,36-38H,13-14H2/t21-,24+,27+,28-,29+,30+/m0/s1. The molecule has 2 heterocycles. The third-order valence-corrected chi connectivity index (χ3v) is 6.84. The monoisotopic (exact) mass is 580 g/mol. The first-order chi connectivity index (χ1) is 20.1. The number of esters is 1. The van der Waals surface area contributed by atoms with Gasteiger partial charge in [0.1, 0.15) is 71.4 Å². The zero-order valence-electron chi connectivity index (χ0n) is 21.9. The Morgan fingerprint density at radius 3 is 2.24 bits per heavy atom. The van der Waals surface area contributed by atoms with E-state index in [1.807, 2.05) is 0 Å². The van der Waals surface area contributed by atoms with Gasteiger partial charge >= 0.3 is 5.97 Å². The highest BCUT2D eigenvalue weighted by atomic mass is 16.7. The summed E-state index contributed by atoms with van der Waals surface area (Å²) in [5, 5.41) is 60.6. The van der Waals surface area contributed by atoms with E-state index in [9.17, 15) is 40.2 Å². The molecule has 1 fully saturated rings. The lowest BCUT2D eigenvalue weighted by atomic mass is 9.95. The first-order valence-corrected chi connectivity index (χ1v) is 12.9. The first kappa shape index (κ1) is 28.9. The van der Waals surface area contributed by atoms with Crippen LogP contribution in [0.4, 0.5) is 0 Å². The van der Waals surface area contributed by atoms with Gasteiger partial charge in [0.25, 0.3) is 0 Å². The fourth-order valence-corrected chi connectivity index (χ4v) is 4.62. The van der Waals surface area contributed by atoms with Gasteiger partial charge in [-0.25, -0.2) is 4.79 Å². The van der Waals surface area contributed by atoms with Gasteiger partial charge in [-0.05, 0) is 41.5 Å². The van der Waals surface area contributed by atoms with Gasteiger partial charge in [-0.15, -0.1) is 0 Å². The molecule has 220 valence electrons. The second kappa shape index (κ2) is 12.1. The molecule has 0 spiro atoms. The van der Waals surface area contributed by atoms with Crippen molar-refractivity contribution in [2.45, 2.75) is 43.2 Å². The van der Waals surface area contributed by atoms with Crippen molar-refractivity contribution in [2.24, 2.45) is 0 Å². The number of ketones is 1. The van der Waals surface area contributed by atoms with Gasteiger partial charge in [-0.1, -0.05) is 24.3 Å². The first-order valence-electron chi connectivity index (χ1n) is 12.9. The number of carbonyl (C=O) groups excluding carboxylic acids is 2. The van der Waals surface area contributed by atoms with E-state index in [2.05, 4.69) is 0 Å². The average molecular weight is 581 g/mol. The van der Waals surface area contributed by atoms with Gasteiger partial charge in [-0.2, -0.15) is 0 Å². The summed E-state index contributed by atoms with van der Waals surface area (Å²) >= 11 is 0. The van der Waals surface area contributed by atoms with E-state index in [-0.39, 0.29) is 40.7 Å². The summed E-state index contributed by atoms with van der Waals surface area (Å²) in [6.45, 7) is -0.516. The number of aromatic hydroxyl groups is 3. The molecule has 3 aromatic carbocycles. The zero-order chi connectivity index (χ0) is 30.0. The third-order valence-electron chi connectivity index (χ3n) is 6.84. The Morgan fingerprint density at radius 1 is 0.881 bits per heavy atom. The summed E-state index contributed by atoms with van der Waals surface area (Å²) in [6, 6.07) is 14.5. The van der Waals surface area contributed by atoms with E-state index in [0.717, 1.165) is 12.1 Å². The largest absolute Gasteiger partial charge is 0.508 e. The summed E-state index contributed by atoms with van der Waals surface area (Å²) in [4.78, 5) is 25.4. The second-order valence-electron chi connectivity index (χ2n) is 9.83. The van der Waals surface area contributed by atoms with Crippen molar-refractivity contribution in [2.75, 3.05) is 6.61 Å². The fraction of sp³-hybridized carbons (Fsp3) is 0.267. The van der Waals surface area contributed by atoms with E-state index in [1.165, 1.54) is 36.4 Å². The molecule has 6 atom stereocenters. The van der Waals surface area contributed by atoms with Crippen LogP contribution in [0.5, 0.6) is 28.7 Å². The number of phenolic OH excluding ortho intramolecular Hbond substituents is 3. The van der Waals surface area contributed by atoms with Crippen LogP contribution >= 0.6 is 0 Å². The molecule has 0 aliphatic carbocycles. The quantitative estimate of drug-likeness (QED) is 0.176. The van der Waals surface area contributed by atoms with Gasteiger partial charge in [0, 0.05) is 18.2 Å². The van der Waals surface area contributed by atoms with Crippen LogP contribution in [0.2, 0.25) is 0 Å². The normalized spacial score (nSPS) is 25.5. The van der Waals surface area contributed by atoms with Crippen LogP contribution in [-0.4, -0.2) is 79.7 Å². The molecule has 0 unspecified atom stereocenters. The number of Topliss-reactive ketones (excluding diaryl/α,β-unsaturated/α-hetero) is 1. The Hall–Kier alpha value is -4.62. The molecule has 3 aromatic rings. The van der Waals surface area contributed by atoms with E-state index in [1.54, 1.807) is 24.3 Å². The van der Waals surface area contributed by atoms with Crippen molar-refractivity contribution in [3.8, 4) is 28.7 Å². The highest BCUT2D eigenvalue weighted by molar-refractivity contribution is 6.02. The number of aliphatic hydroxyl groups excluding tert-OH is 3. The Labute approximate surface area is 239 Å². The molecule has 5 rings (SSSR count). The SMILES string of the molecule is O=C(C=Cc1ccc(O)cc1)OC[C@H]1O[C@@H](Oc2cc(O)cc3c2C(=O)C[C@@H](c2ccc(O)cc2)O3)[C@H](O)[C@@H](O)[C@@H]1O. The molecular weight excluding hydrogens is 552 g/mol. The number of phenols is 3. The maximum atomic E-state index is 13.2. The minimum absolute atomic E-state index is 0.0103. The molecule has 0 saturated carbocycles. The van der Waals surface area contributed by atoms with E-state index in [0.29, 0.717) is 11.1 Å². The van der Waals surface area contributed by atoms with E-state index >= 15 is 0 Å². The van der Waals surface area contributed by atoms with Crippen molar-refractivity contribution in [1.82, 2.24) is 0 Å². The summed E-state index contributed by atoms with van der Waals surface area (Å²) in [5.74, 6) is -1.58. The third kappa shape index (κ3) is 6.31. The number of fused-ring (bicyclic) bond motifs is 1. The van der Waals surface area contributed by atoms with E-state index < -0.39 is 55.2 Å². The topological polar surface area (TPSA) is 192 Å². The number of ether oxygens (including phenoxy) is 4. The van der Waals surface area contributed by atoms with Crippen LogP contribution in [0.1, 0.15) is 34.0 Å². The van der Waals surface area contributed by atoms with Crippen LogP contribution in [0.25, 0.3) is 6.08 Å². The molecule has 6 N–H and O–H groups in total. The predicted molar refractivity (Wildman–Crippen MR) is 144 cm³/mol. The summed E-state index contributed by atoms with van der Waals surface area (Å²) in [5.41, 5.74) is 1.21. The maximum Gasteiger partial charge on any atom is 0.330 e. The molecule has 2 aliphatic heterocycles. The highest BCUT2D eigenvalue weighted by Gasteiger charge is 2.46. The van der Waals surface area contributed by atoms with Gasteiger partial charge in [-0.3, -0.25) is 4.79 Å². The number of hydrogen-bond donors (Lipinski definition) is 6. The predicted octanol–water partition coefficient (Wildman–Crippen LogP) is 1.95. The number of carbonyl (C=O) groups is 2. The molecule has 0 radical (unpaired) electrons. The molecule has 0 amide bonds. The number of aliphatic hydroxyl groups is 3. The number of rotatable bonds is 7. The van der Waals surface area contributed by atoms with Crippen LogP contribution < -0.4 is 9.47 Å². The second-order valence-corrected chi connectivity index (χ2v) is 9.83. The molecule has 2 aliphatic rings.